The molecule has 1 rings (SSSR count). The second kappa shape index (κ2) is 8.53. The smallest absolute Gasteiger partial charge is 0.351 e. The van der Waals surface area contributed by atoms with Gasteiger partial charge < -0.3 is 19.3 Å². The zero-order chi connectivity index (χ0) is 16.6. The molecule has 124 valence electrons. The van der Waals surface area contributed by atoms with Gasteiger partial charge in [-0.3, -0.25) is 4.79 Å². The van der Waals surface area contributed by atoms with E-state index >= 15 is 0 Å². The van der Waals surface area contributed by atoms with Crippen molar-refractivity contribution in [3.8, 4) is 0 Å². The number of aliphatic carboxylic acids is 1. The largest absolute Gasteiger partial charge is 0.481 e. The molecule has 1 N–H and O–H groups in total. The summed E-state index contributed by atoms with van der Waals surface area (Å²) in [6, 6.07) is 0. The fraction of sp³-hybridized carbons (Fsp3) is 0.667. The minimum atomic E-state index is -1.82. The zero-order valence-corrected chi connectivity index (χ0v) is 12.7. The second-order valence-corrected chi connectivity index (χ2v) is 5.20. The molecule has 0 spiro atoms. The van der Waals surface area contributed by atoms with Crippen molar-refractivity contribution in [2.75, 3.05) is 13.2 Å². The van der Waals surface area contributed by atoms with Gasteiger partial charge in [0.2, 0.25) is 5.60 Å². The van der Waals surface area contributed by atoms with Crippen LogP contribution >= 0.6 is 0 Å². The first-order valence-corrected chi connectivity index (χ1v) is 7.29. The molecule has 0 aromatic rings. The topological polar surface area (TPSA) is 102 Å². The van der Waals surface area contributed by atoms with Crippen LogP contribution in [0, 0.1) is 0 Å². The Bertz CT molecular complexity index is 428. The summed E-state index contributed by atoms with van der Waals surface area (Å²) in [4.78, 5) is 35.0. The monoisotopic (exact) mass is 314 g/mol. The molecule has 0 aliphatic carbocycles. The first-order chi connectivity index (χ1) is 10.4. The highest BCUT2D eigenvalue weighted by Crippen LogP contribution is 2.27. The Balaban J connectivity index is 2.86. The standard InChI is InChI=1S/C15H22O7/c1-3-5-6-7-15(8-12(16)17,22-13(18)4-2)14(19)21-10-11-9-20-11/h4,11H,2-3,5-10H2,1H3,(H,16,17). The summed E-state index contributed by atoms with van der Waals surface area (Å²) in [6.07, 6.45) is 2.40. The van der Waals surface area contributed by atoms with Gasteiger partial charge in [0.25, 0.3) is 0 Å². The highest BCUT2D eigenvalue weighted by molar-refractivity contribution is 5.90. The average molecular weight is 314 g/mol. The quantitative estimate of drug-likeness (QED) is 0.266. The van der Waals surface area contributed by atoms with Gasteiger partial charge in [-0.05, 0) is 12.8 Å². The molecule has 0 aromatic carbocycles. The van der Waals surface area contributed by atoms with E-state index in [9.17, 15) is 14.4 Å². The zero-order valence-electron chi connectivity index (χ0n) is 12.7. The molecular formula is C15H22O7. The number of hydrogen-bond donors (Lipinski definition) is 1. The summed E-state index contributed by atoms with van der Waals surface area (Å²) in [6.45, 7) is 5.77. The van der Waals surface area contributed by atoms with Gasteiger partial charge >= 0.3 is 17.9 Å². The molecule has 1 aliphatic heterocycles. The number of epoxide rings is 1. The third kappa shape index (κ3) is 5.85. The Labute approximate surface area is 129 Å². The molecule has 2 atom stereocenters. The van der Waals surface area contributed by atoms with Gasteiger partial charge in [-0.15, -0.1) is 0 Å². The fourth-order valence-electron chi connectivity index (χ4n) is 1.99. The average Bonchev–Trinajstić information content (AvgIpc) is 3.28. The molecule has 0 bridgehead atoms. The van der Waals surface area contributed by atoms with Crippen LogP contribution in [0.4, 0.5) is 0 Å². The normalized spacial score (nSPS) is 18.9. The SMILES string of the molecule is C=CC(=O)OC(CCCCC)(CC(=O)O)C(=O)OCC1CO1. The molecule has 1 saturated heterocycles. The first kappa shape index (κ1) is 18.2. The minimum Gasteiger partial charge on any atom is -0.481 e. The third-order valence-corrected chi connectivity index (χ3v) is 3.26. The van der Waals surface area contributed by atoms with E-state index in [1.54, 1.807) is 0 Å². The number of carbonyl (C=O) groups is 3. The number of rotatable bonds is 11. The van der Waals surface area contributed by atoms with Gasteiger partial charge in [0.15, 0.2) is 0 Å². The molecule has 7 nitrogen and oxygen atoms in total. The van der Waals surface area contributed by atoms with E-state index in [2.05, 4.69) is 6.58 Å². The van der Waals surface area contributed by atoms with Crippen molar-refractivity contribution >= 4 is 17.9 Å². The molecule has 0 amide bonds. The summed E-state index contributed by atoms with van der Waals surface area (Å²) < 4.78 is 15.1. The van der Waals surface area contributed by atoms with E-state index in [-0.39, 0.29) is 19.1 Å². The number of carboxylic acid groups (broad SMARTS) is 1. The van der Waals surface area contributed by atoms with E-state index in [4.69, 9.17) is 19.3 Å². The van der Waals surface area contributed by atoms with Crippen LogP contribution in [0.5, 0.6) is 0 Å². The predicted molar refractivity (Wildman–Crippen MR) is 76.1 cm³/mol. The van der Waals surface area contributed by atoms with Crippen molar-refractivity contribution in [1.82, 2.24) is 0 Å². The first-order valence-electron chi connectivity index (χ1n) is 7.29. The highest BCUT2D eigenvalue weighted by atomic mass is 16.6. The van der Waals surface area contributed by atoms with Crippen LogP contribution in [-0.2, 0) is 28.6 Å². The maximum Gasteiger partial charge on any atom is 0.351 e. The molecule has 1 fully saturated rings. The van der Waals surface area contributed by atoms with Gasteiger partial charge in [0.1, 0.15) is 12.7 Å². The van der Waals surface area contributed by atoms with E-state index in [1.807, 2.05) is 6.92 Å². The van der Waals surface area contributed by atoms with Crippen LogP contribution in [0.15, 0.2) is 12.7 Å². The van der Waals surface area contributed by atoms with Crippen LogP contribution in [0.2, 0.25) is 0 Å². The fourth-order valence-corrected chi connectivity index (χ4v) is 1.99. The number of carboxylic acids is 1. The molecule has 0 saturated carbocycles. The van der Waals surface area contributed by atoms with Crippen molar-refractivity contribution in [2.45, 2.75) is 50.7 Å². The Hall–Kier alpha value is -1.89. The Morgan fingerprint density at radius 2 is 2.09 bits per heavy atom. The predicted octanol–water partition coefficient (Wildman–Crippen LogP) is 1.45. The van der Waals surface area contributed by atoms with Crippen molar-refractivity contribution in [3.05, 3.63) is 12.7 Å². The molecular weight excluding hydrogens is 292 g/mol. The molecule has 0 aromatic heterocycles. The summed E-state index contributed by atoms with van der Waals surface area (Å²) in [5, 5.41) is 9.08. The van der Waals surface area contributed by atoms with Gasteiger partial charge in [0.05, 0.1) is 13.0 Å². The molecule has 7 heteroatoms. The third-order valence-electron chi connectivity index (χ3n) is 3.26. The molecule has 0 radical (unpaired) electrons. The van der Waals surface area contributed by atoms with Crippen LogP contribution in [0.3, 0.4) is 0 Å². The van der Waals surface area contributed by atoms with Crippen molar-refractivity contribution < 1.29 is 33.7 Å². The maximum atomic E-state index is 12.3. The lowest BCUT2D eigenvalue weighted by molar-refractivity contribution is -0.185. The van der Waals surface area contributed by atoms with Crippen molar-refractivity contribution in [1.29, 1.82) is 0 Å². The summed E-state index contributed by atoms with van der Waals surface area (Å²) >= 11 is 0. The van der Waals surface area contributed by atoms with Crippen LogP contribution in [-0.4, -0.2) is 47.9 Å². The van der Waals surface area contributed by atoms with Gasteiger partial charge in [-0.25, -0.2) is 9.59 Å². The van der Waals surface area contributed by atoms with Gasteiger partial charge in [-0.2, -0.15) is 0 Å². The maximum absolute atomic E-state index is 12.3. The molecule has 1 heterocycles. The molecule has 1 aliphatic rings. The molecule has 22 heavy (non-hydrogen) atoms. The Morgan fingerprint density at radius 1 is 1.41 bits per heavy atom. The summed E-state index contributed by atoms with van der Waals surface area (Å²) in [5.41, 5.74) is -1.82. The van der Waals surface area contributed by atoms with Gasteiger partial charge in [0, 0.05) is 6.08 Å². The van der Waals surface area contributed by atoms with E-state index in [0.717, 1.165) is 18.9 Å². The lowest BCUT2D eigenvalue weighted by atomic mass is 9.92. The van der Waals surface area contributed by atoms with E-state index in [0.29, 0.717) is 13.0 Å². The minimum absolute atomic E-state index is 0.0274. The van der Waals surface area contributed by atoms with E-state index in [1.165, 1.54) is 0 Å². The second-order valence-electron chi connectivity index (χ2n) is 5.20. The summed E-state index contributed by atoms with van der Waals surface area (Å²) in [7, 11) is 0. The number of unbranched alkanes of at least 4 members (excludes halogenated alkanes) is 2. The van der Waals surface area contributed by atoms with Crippen LogP contribution < -0.4 is 0 Å². The number of ether oxygens (including phenoxy) is 3. The highest BCUT2D eigenvalue weighted by Gasteiger charge is 2.46. The van der Waals surface area contributed by atoms with Crippen LogP contribution in [0.1, 0.15) is 39.0 Å². The van der Waals surface area contributed by atoms with E-state index < -0.39 is 29.9 Å². The number of carbonyl (C=O) groups excluding carboxylic acids is 2. The van der Waals surface area contributed by atoms with Crippen molar-refractivity contribution in [2.24, 2.45) is 0 Å². The number of esters is 2. The van der Waals surface area contributed by atoms with Crippen LogP contribution in [0.25, 0.3) is 0 Å². The Kier molecular flexibility index (Phi) is 7.04. The lowest BCUT2D eigenvalue weighted by Gasteiger charge is -2.29. The molecule has 2 unspecified atom stereocenters. The lowest BCUT2D eigenvalue weighted by Crippen LogP contribution is -2.46. The summed E-state index contributed by atoms with van der Waals surface area (Å²) in [5.74, 6) is -2.94. The Morgan fingerprint density at radius 3 is 2.59 bits per heavy atom. The number of hydrogen-bond acceptors (Lipinski definition) is 6. The van der Waals surface area contributed by atoms with Crippen molar-refractivity contribution in [3.63, 3.8) is 0 Å². The van der Waals surface area contributed by atoms with Gasteiger partial charge in [-0.1, -0.05) is 26.3 Å².